The smallest absolute Gasteiger partial charge is 0.335 e. The minimum atomic E-state index is -0.854. The maximum absolute atomic E-state index is 10.9. The van der Waals surface area contributed by atoms with Crippen molar-refractivity contribution in [3.05, 3.63) is 29.3 Å². The number of benzene rings is 1. The molecule has 1 aliphatic heterocycles. The topological polar surface area (TPSA) is 40.5 Å². The standard InChI is InChI=1S/C13H17NO2S/c1-9-7-10(3-4-12(9)13(15)16)14(2)11-5-6-17-8-11/h3-4,7,11H,5-6,8H2,1-2H3,(H,15,16). The number of hydrogen-bond acceptors (Lipinski definition) is 3. The summed E-state index contributed by atoms with van der Waals surface area (Å²) in [6.07, 6.45) is 1.21. The number of rotatable bonds is 3. The number of thioether (sulfide) groups is 1. The Hall–Kier alpha value is -1.16. The fraction of sp³-hybridized carbons (Fsp3) is 0.462. The van der Waals surface area contributed by atoms with E-state index >= 15 is 0 Å². The van der Waals surface area contributed by atoms with Gasteiger partial charge in [-0.25, -0.2) is 4.79 Å². The quantitative estimate of drug-likeness (QED) is 0.896. The molecule has 1 fully saturated rings. The first-order valence-corrected chi connectivity index (χ1v) is 6.89. The third-order valence-electron chi connectivity index (χ3n) is 3.30. The second kappa shape index (κ2) is 5.00. The van der Waals surface area contributed by atoms with Gasteiger partial charge in [0, 0.05) is 24.5 Å². The average molecular weight is 251 g/mol. The highest BCUT2D eigenvalue weighted by Gasteiger charge is 2.20. The first-order chi connectivity index (χ1) is 8.09. The first-order valence-electron chi connectivity index (χ1n) is 5.74. The number of carboxylic acids is 1. The van der Waals surface area contributed by atoms with E-state index in [0.29, 0.717) is 11.6 Å². The number of anilines is 1. The Labute approximate surface area is 106 Å². The van der Waals surface area contributed by atoms with Gasteiger partial charge in [0.15, 0.2) is 0 Å². The zero-order chi connectivity index (χ0) is 12.4. The summed E-state index contributed by atoms with van der Waals surface area (Å²) in [5, 5.41) is 8.99. The van der Waals surface area contributed by atoms with Crippen LogP contribution in [0.3, 0.4) is 0 Å². The molecule has 1 heterocycles. The second-order valence-corrected chi connectivity index (χ2v) is 5.58. The molecule has 0 aromatic heterocycles. The van der Waals surface area contributed by atoms with Gasteiger partial charge in [-0.2, -0.15) is 11.8 Å². The monoisotopic (exact) mass is 251 g/mol. The van der Waals surface area contributed by atoms with Crippen LogP contribution in [-0.4, -0.2) is 35.7 Å². The molecule has 2 rings (SSSR count). The van der Waals surface area contributed by atoms with E-state index in [4.69, 9.17) is 5.11 Å². The molecule has 1 saturated heterocycles. The SMILES string of the molecule is Cc1cc(N(C)C2CCSC2)ccc1C(=O)O. The molecule has 1 aromatic rings. The molecule has 0 radical (unpaired) electrons. The molecule has 1 unspecified atom stereocenters. The summed E-state index contributed by atoms with van der Waals surface area (Å²) < 4.78 is 0. The van der Waals surface area contributed by atoms with Crippen LogP contribution in [0.25, 0.3) is 0 Å². The number of aromatic carboxylic acids is 1. The van der Waals surface area contributed by atoms with Crippen molar-refractivity contribution in [3.8, 4) is 0 Å². The Bertz CT molecular complexity index is 427. The van der Waals surface area contributed by atoms with Crippen LogP contribution >= 0.6 is 11.8 Å². The van der Waals surface area contributed by atoms with Crippen molar-refractivity contribution >= 4 is 23.4 Å². The molecular weight excluding hydrogens is 234 g/mol. The summed E-state index contributed by atoms with van der Waals surface area (Å²) in [4.78, 5) is 13.2. The Morgan fingerprint density at radius 3 is 2.82 bits per heavy atom. The van der Waals surface area contributed by atoms with Crippen LogP contribution in [-0.2, 0) is 0 Å². The van der Waals surface area contributed by atoms with Gasteiger partial charge >= 0.3 is 5.97 Å². The zero-order valence-corrected chi connectivity index (χ0v) is 11.0. The van der Waals surface area contributed by atoms with Crippen LogP contribution in [0.2, 0.25) is 0 Å². The van der Waals surface area contributed by atoms with Gasteiger partial charge in [-0.15, -0.1) is 0 Å². The Balaban J connectivity index is 2.21. The summed E-state index contributed by atoms with van der Waals surface area (Å²) in [6, 6.07) is 6.15. The van der Waals surface area contributed by atoms with Gasteiger partial charge in [-0.3, -0.25) is 0 Å². The van der Waals surface area contributed by atoms with E-state index < -0.39 is 5.97 Å². The minimum absolute atomic E-state index is 0.392. The number of hydrogen-bond donors (Lipinski definition) is 1. The van der Waals surface area contributed by atoms with E-state index in [1.807, 2.05) is 30.8 Å². The third-order valence-corrected chi connectivity index (χ3v) is 4.45. The minimum Gasteiger partial charge on any atom is -0.478 e. The van der Waals surface area contributed by atoms with Gasteiger partial charge in [-0.05, 0) is 42.9 Å². The molecule has 4 heteroatoms. The van der Waals surface area contributed by atoms with Crippen molar-refractivity contribution in [1.82, 2.24) is 0 Å². The summed E-state index contributed by atoms with van der Waals surface area (Å²) in [5.74, 6) is 1.53. The predicted molar refractivity (Wildman–Crippen MR) is 72.3 cm³/mol. The molecule has 0 aliphatic carbocycles. The lowest BCUT2D eigenvalue weighted by atomic mass is 10.1. The van der Waals surface area contributed by atoms with Gasteiger partial charge in [0.2, 0.25) is 0 Å². The van der Waals surface area contributed by atoms with Gasteiger partial charge in [0.05, 0.1) is 5.56 Å². The summed E-state index contributed by atoms with van der Waals surface area (Å²) in [7, 11) is 2.09. The normalized spacial score (nSPS) is 19.3. The molecule has 0 saturated carbocycles. The number of aryl methyl sites for hydroxylation is 1. The molecule has 1 aromatic carbocycles. The van der Waals surface area contributed by atoms with E-state index in [1.165, 1.54) is 12.2 Å². The van der Waals surface area contributed by atoms with Crippen LogP contribution in [0.1, 0.15) is 22.3 Å². The third kappa shape index (κ3) is 2.57. The molecular formula is C13H17NO2S. The van der Waals surface area contributed by atoms with Crippen molar-refractivity contribution in [2.45, 2.75) is 19.4 Å². The lowest BCUT2D eigenvalue weighted by Crippen LogP contribution is -2.31. The van der Waals surface area contributed by atoms with E-state index in [0.717, 1.165) is 17.0 Å². The zero-order valence-electron chi connectivity index (χ0n) is 10.1. The van der Waals surface area contributed by atoms with Crippen molar-refractivity contribution in [2.24, 2.45) is 0 Å². The van der Waals surface area contributed by atoms with Gasteiger partial charge in [0.1, 0.15) is 0 Å². The summed E-state index contributed by atoms with van der Waals surface area (Å²) in [6.45, 7) is 1.85. The van der Waals surface area contributed by atoms with E-state index in [-0.39, 0.29) is 0 Å². The predicted octanol–water partition coefficient (Wildman–Crippen LogP) is 2.63. The molecule has 1 atom stereocenters. The van der Waals surface area contributed by atoms with Crippen molar-refractivity contribution in [2.75, 3.05) is 23.5 Å². The highest BCUT2D eigenvalue weighted by molar-refractivity contribution is 7.99. The van der Waals surface area contributed by atoms with E-state index in [1.54, 1.807) is 6.07 Å². The van der Waals surface area contributed by atoms with Crippen molar-refractivity contribution in [3.63, 3.8) is 0 Å². The van der Waals surface area contributed by atoms with Crippen molar-refractivity contribution < 1.29 is 9.90 Å². The number of carboxylic acid groups (broad SMARTS) is 1. The highest BCUT2D eigenvalue weighted by atomic mass is 32.2. The van der Waals surface area contributed by atoms with Gasteiger partial charge in [0.25, 0.3) is 0 Å². The fourth-order valence-corrected chi connectivity index (χ4v) is 3.41. The lowest BCUT2D eigenvalue weighted by Gasteiger charge is -2.26. The average Bonchev–Trinajstić information content (AvgIpc) is 2.80. The highest BCUT2D eigenvalue weighted by Crippen LogP contribution is 2.27. The van der Waals surface area contributed by atoms with E-state index in [9.17, 15) is 4.79 Å². The van der Waals surface area contributed by atoms with Gasteiger partial charge < -0.3 is 10.0 Å². The lowest BCUT2D eigenvalue weighted by molar-refractivity contribution is 0.0696. The maximum Gasteiger partial charge on any atom is 0.335 e. The molecule has 0 spiro atoms. The Kier molecular flexibility index (Phi) is 3.62. The molecule has 0 bridgehead atoms. The van der Waals surface area contributed by atoms with Crippen molar-refractivity contribution in [1.29, 1.82) is 0 Å². The molecule has 1 N–H and O–H groups in total. The molecule has 17 heavy (non-hydrogen) atoms. The van der Waals surface area contributed by atoms with Crippen LogP contribution in [0, 0.1) is 6.92 Å². The van der Waals surface area contributed by atoms with Crippen LogP contribution in [0.15, 0.2) is 18.2 Å². The Morgan fingerprint density at radius 1 is 1.53 bits per heavy atom. The maximum atomic E-state index is 10.9. The van der Waals surface area contributed by atoms with Crippen LogP contribution in [0.5, 0.6) is 0 Å². The molecule has 92 valence electrons. The summed E-state index contributed by atoms with van der Waals surface area (Å²) >= 11 is 1.98. The van der Waals surface area contributed by atoms with Crippen LogP contribution in [0.4, 0.5) is 5.69 Å². The molecule has 3 nitrogen and oxygen atoms in total. The fourth-order valence-electron chi connectivity index (χ4n) is 2.15. The number of carbonyl (C=O) groups is 1. The molecule has 1 aliphatic rings. The summed E-state index contributed by atoms with van der Waals surface area (Å²) in [5.41, 5.74) is 2.33. The Morgan fingerprint density at radius 2 is 2.29 bits per heavy atom. The number of nitrogens with zero attached hydrogens (tertiary/aromatic N) is 1. The largest absolute Gasteiger partial charge is 0.478 e. The van der Waals surface area contributed by atoms with Gasteiger partial charge in [-0.1, -0.05) is 0 Å². The van der Waals surface area contributed by atoms with E-state index in [2.05, 4.69) is 11.9 Å². The second-order valence-electron chi connectivity index (χ2n) is 4.43. The van der Waals surface area contributed by atoms with Crippen LogP contribution < -0.4 is 4.90 Å². The first kappa shape index (κ1) is 12.3. The molecule has 0 amide bonds.